The van der Waals surface area contributed by atoms with Crippen LogP contribution in [-0.2, 0) is 5.41 Å². The maximum atomic E-state index is 5.17. The van der Waals surface area contributed by atoms with Crippen molar-refractivity contribution in [2.45, 2.75) is 5.41 Å². The van der Waals surface area contributed by atoms with Crippen LogP contribution in [0.5, 0.6) is 0 Å². The Kier molecular flexibility index (Phi) is 8.44. The van der Waals surface area contributed by atoms with E-state index in [0.29, 0.717) is 17.5 Å². The zero-order chi connectivity index (χ0) is 42.9. The Morgan fingerprint density at radius 2 is 0.677 bits per heavy atom. The third-order valence-corrected chi connectivity index (χ3v) is 13.6. The summed E-state index contributed by atoms with van der Waals surface area (Å²) in [5, 5.41) is 7.81. The summed E-state index contributed by atoms with van der Waals surface area (Å²) in [6, 6.07) is 85.6. The fourth-order valence-corrected chi connectivity index (χ4v) is 10.6. The van der Waals surface area contributed by atoms with Crippen LogP contribution >= 0.6 is 0 Å². The lowest BCUT2D eigenvalue weighted by Crippen LogP contribution is -2.28. The highest BCUT2D eigenvalue weighted by Gasteiger charge is 2.46. The van der Waals surface area contributed by atoms with Crippen LogP contribution < -0.4 is 0 Å². The molecule has 0 spiro atoms. The molecule has 0 unspecified atom stereocenters. The van der Waals surface area contributed by atoms with Gasteiger partial charge in [0.1, 0.15) is 0 Å². The molecule has 12 aromatic rings. The minimum Gasteiger partial charge on any atom is -0.208 e. The molecule has 1 aliphatic carbocycles. The second-order valence-corrected chi connectivity index (χ2v) is 17.1. The molecular formula is C62H39N3. The highest BCUT2D eigenvalue weighted by Crippen LogP contribution is 2.57. The smallest absolute Gasteiger partial charge is 0.164 e. The quantitative estimate of drug-likeness (QED) is 0.150. The van der Waals surface area contributed by atoms with E-state index in [4.69, 9.17) is 15.0 Å². The van der Waals surface area contributed by atoms with Crippen LogP contribution in [0.1, 0.15) is 22.3 Å². The van der Waals surface area contributed by atoms with Crippen molar-refractivity contribution >= 4 is 32.3 Å². The standard InChI is InChI=1S/C62H39N3/c1-5-14-45(15-6-1)59-63-60(46-16-7-2-8-17-46)65-61(64-59)48-33-36-53-52-35-32-47(38-55(52)62(56(53)39-48,49-20-9-3-10-21-49)50-22-11-4-12-23-50)40-24-26-41(27-25-40)51-34-30-44-29-28-42-18-13-19-43-31-37-54(51)58(44)57(42)43/h1-39H. The molecule has 13 rings (SSSR count). The number of fused-ring (bicyclic) bond motifs is 3. The number of aromatic nitrogens is 3. The van der Waals surface area contributed by atoms with Crippen molar-refractivity contribution in [2.75, 3.05) is 0 Å². The van der Waals surface area contributed by atoms with Crippen LogP contribution in [0.25, 0.3) is 99.9 Å². The topological polar surface area (TPSA) is 38.7 Å². The van der Waals surface area contributed by atoms with Gasteiger partial charge >= 0.3 is 0 Å². The van der Waals surface area contributed by atoms with Crippen molar-refractivity contribution in [3.05, 3.63) is 259 Å². The summed E-state index contributed by atoms with van der Waals surface area (Å²) in [6.07, 6.45) is 0. The molecule has 65 heavy (non-hydrogen) atoms. The van der Waals surface area contributed by atoms with Crippen LogP contribution in [0.2, 0.25) is 0 Å². The van der Waals surface area contributed by atoms with E-state index in [2.05, 4.69) is 200 Å². The first-order valence-corrected chi connectivity index (χ1v) is 22.3. The van der Waals surface area contributed by atoms with Gasteiger partial charge in [-0.2, -0.15) is 0 Å². The Balaban J connectivity index is 0.972. The first kappa shape index (κ1) is 37.1. The molecular weight excluding hydrogens is 787 g/mol. The fraction of sp³-hybridized carbons (Fsp3) is 0.0161. The van der Waals surface area contributed by atoms with Gasteiger partial charge in [0.25, 0.3) is 0 Å². The maximum Gasteiger partial charge on any atom is 0.164 e. The summed E-state index contributed by atoms with van der Waals surface area (Å²) in [4.78, 5) is 15.3. The minimum absolute atomic E-state index is 0.627. The van der Waals surface area contributed by atoms with Gasteiger partial charge in [0.2, 0.25) is 0 Å². The van der Waals surface area contributed by atoms with Gasteiger partial charge in [-0.05, 0) is 100 Å². The molecule has 0 atom stereocenters. The van der Waals surface area contributed by atoms with E-state index in [1.165, 1.54) is 88.0 Å². The normalized spacial score (nSPS) is 12.7. The van der Waals surface area contributed by atoms with Gasteiger partial charge in [0.15, 0.2) is 17.5 Å². The predicted octanol–water partition coefficient (Wildman–Crippen LogP) is 15.5. The first-order chi connectivity index (χ1) is 32.2. The molecule has 0 N–H and O–H groups in total. The lowest BCUT2D eigenvalue weighted by molar-refractivity contribution is 0.769. The van der Waals surface area contributed by atoms with Crippen LogP contribution in [-0.4, -0.2) is 15.0 Å². The van der Waals surface area contributed by atoms with Gasteiger partial charge < -0.3 is 0 Å². The highest BCUT2D eigenvalue weighted by molar-refractivity contribution is 6.25. The SMILES string of the molecule is c1ccc(-c2nc(-c3ccccc3)nc(-c3ccc4c(c3)C(c3ccccc3)(c3ccccc3)c3cc(-c5ccc(-c6ccc7ccc8cccc9ccc6c7c89)cc5)ccc3-4)n2)cc1. The molecule has 3 nitrogen and oxygen atoms in total. The lowest BCUT2D eigenvalue weighted by atomic mass is 9.67. The lowest BCUT2D eigenvalue weighted by Gasteiger charge is -2.34. The summed E-state index contributed by atoms with van der Waals surface area (Å²) >= 11 is 0. The molecule has 11 aromatic carbocycles. The van der Waals surface area contributed by atoms with Gasteiger partial charge in [-0.25, -0.2) is 15.0 Å². The van der Waals surface area contributed by atoms with Crippen LogP contribution in [0.15, 0.2) is 237 Å². The summed E-state index contributed by atoms with van der Waals surface area (Å²) in [5.41, 5.74) is 14.3. The molecule has 0 saturated heterocycles. The Bertz CT molecular complexity index is 3620. The summed E-state index contributed by atoms with van der Waals surface area (Å²) in [7, 11) is 0. The fourth-order valence-electron chi connectivity index (χ4n) is 10.6. The van der Waals surface area contributed by atoms with Crippen molar-refractivity contribution in [1.82, 2.24) is 15.0 Å². The third kappa shape index (κ3) is 5.86. The largest absolute Gasteiger partial charge is 0.208 e. The molecule has 302 valence electrons. The number of hydrogen-bond donors (Lipinski definition) is 0. The average molecular weight is 826 g/mol. The Morgan fingerprint density at radius 1 is 0.262 bits per heavy atom. The van der Waals surface area contributed by atoms with Crippen LogP contribution in [0.4, 0.5) is 0 Å². The van der Waals surface area contributed by atoms with Crippen molar-refractivity contribution in [1.29, 1.82) is 0 Å². The molecule has 0 aliphatic heterocycles. The van der Waals surface area contributed by atoms with E-state index in [9.17, 15) is 0 Å². The zero-order valence-electron chi connectivity index (χ0n) is 35.4. The maximum absolute atomic E-state index is 5.17. The summed E-state index contributed by atoms with van der Waals surface area (Å²) in [6.45, 7) is 0. The summed E-state index contributed by atoms with van der Waals surface area (Å²) < 4.78 is 0. The molecule has 3 heteroatoms. The third-order valence-electron chi connectivity index (χ3n) is 13.6. The molecule has 0 bridgehead atoms. The second-order valence-electron chi connectivity index (χ2n) is 17.1. The van der Waals surface area contributed by atoms with Crippen LogP contribution in [0.3, 0.4) is 0 Å². The Hall–Kier alpha value is -8.53. The molecule has 0 saturated carbocycles. The minimum atomic E-state index is -0.627. The Labute approximate surface area is 377 Å². The Morgan fingerprint density at radius 3 is 1.25 bits per heavy atom. The first-order valence-electron chi connectivity index (χ1n) is 22.3. The number of nitrogens with zero attached hydrogens (tertiary/aromatic N) is 3. The number of benzene rings is 11. The zero-order valence-corrected chi connectivity index (χ0v) is 35.4. The predicted molar refractivity (Wildman–Crippen MR) is 268 cm³/mol. The monoisotopic (exact) mass is 825 g/mol. The van der Waals surface area contributed by atoms with Gasteiger partial charge in [-0.15, -0.1) is 0 Å². The van der Waals surface area contributed by atoms with Crippen molar-refractivity contribution in [3.8, 4) is 67.5 Å². The van der Waals surface area contributed by atoms with Gasteiger partial charge in [0, 0.05) is 16.7 Å². The van der Waals surface area contributed by atoms with Gasteiger partial charge in [-0.1, -0.05) is 224 Å². The van der Waals surface area contributed by atoms with E-state index in [0.717, 1.165) is 16.7 Å². The summed E-state index contributed by atoms with van der Waals surface area (Å²) in [5.74, 6) is 1.92. The number of hydrogen-bond acceptors (Lipinski definition) is 3. The van der Waals surface area contributed by atoms with Crippen molar-refractivity contribution in [2.24, 2.45) is 0 Å². The van der Waals surface area contributed by atoms with E-state index in [1.807, 2.05) is 36.4 Å². The molecule has 0 amide bonds. The second kappa shape index (κ2) is 14.8. The van der Waals surface area contributed by atoms with Gasteiger partial charge in [0.05, 0.1) is 5.41 Å². The van der Waals surface area contributed by atoms with Crippen molar-refractivity contribution < 1.29 is 0 Å². The van der Waals surface area contributed by atoms with E-state index < -0.39 is 5.41 Å². The number of rotatable bonds is 7. The van der Waals surface area contributed by atoms with E-state index in [-0.39, 0.29) is 0 Å². The molecule has 0 fully saturated rings. The molecule has 1 aromatic heterocycles. The molecule has 0 radical (unpaired) electrons. The molecule has 1 aliphatic rings. The van der Waals surface area contributed by atoms with E-state index >= 15 is 0 Å². The van der Waals surface area contributed by atoms with E-state index in [1.54, 1.807) is 0 Å². The molecule has 1 heterocycles. The van der Waals surface area contributed by atoms with Crippen LogP contribution in [0, 0.1) is 0 Å². The van der Waals surface area contributed by atoms with Gasteiger partial charge in [-0.3, -0.25) is 0 Å². The van der Waals surface area contributed by atoms with Crippen molar-refractivity contribution in [3.63, 3.8) is 0 Å². The average Bonchev–Trinajstić information content (AvgIpc) is 3.68. The highest BCUT2D eigenvalue weighted by atomic mass is 15.0.